The van der Waals surface area contributed by atoms with Gasteiger partial charge in [-0.3, -0.25) is 14.9 Å². The first kappa shape index (κ1) is 15.0. The molecule has 8 heteroatoms. The summed E-state index contributed by atoms with van der Waals surface area (Å²) in [4.78, 5) is 22.0. The Morgan fingerprint density at radius 2 is 1.82 bits per heavy atom. The fourth-order valence-corrected chi connectivity index (χ4v) is 1.71. The molecule has 0 aliphatic carbocycles. The van der Waals surface area contributed by atoms with E-state index in [1.165, 1.54) is 18.2 Å². The van der Waals surface area contributed by atoms with Gasteiger partial charge < -0.3 is 10.2 Å². The van der Waals surface area contributed by atoms with E-state index in [0.29, 0.717) is 0 Å². The molecule has 2 rings (SSSR count). The maximum Gasteiger partial charge on any atom is 0.278 e. The number of carbonyl (C=O) groups is 1. The van der Waals surface area contributed by atoms with Crippen LogP contribution in [0, 0.1) is 10.1 Å². The SMILES string of the molecule is O=C(NN=Cc1ccccc1[N+](=O)[O-])c1cc(O)cc(O)c1. The minimum absolute atomic E-state index is 0.00258. The minimum atomic E-state index is -0.680. The van der Waals surface area contributed by atoms with Crippen molar-refractivity contribution >= 4 is 17.8 Å². The third-order valence-corrected chi connectivity index (χ3v) is 2.67. The highest BCUT2D eigenvalue weighted by Crippen LogP contribution is 2.20. The molecule has 0 atom stereocenters. The molecule has 0 aliphatic heterocycles. The molecule has 0 aromatic heterocycles. The number of hydrogen-bond donors (Lipinski definition) is 3. The lowest BCUT2D eigenvalue weighted by molar-refractivity contribution is -0.385. The molecule has 22 heavy (non-hydrogen) atoms. The lowest BCUT2D eigenvalue weighted by Crippen LogP contribution is -2.17. The number of phenolic OH excluding ortho intramolecular Hbond substituents is 2. The van der Waals surface area contributed by atoms with E-state index in [1.54, 1.807) is 6.07 Å². The van der Waals surface area contributed by atoms with Gasteiger partial charge in [0.15, 0.2) is 0 Å². The van der Waals surface area contributed by atoms with Gasteiger partial charge in [0.1, 0.15) is 11.5 Å². The van der Waals surface area contributed by atoms with Crippen molar-refractivity contribution in [1.29, 1.82) is 0 Å². The zero-order valence-electron chi connectivity index (χ0n) is 11.1. The number of nitrogens with one attached hydrogen (secondary N) is 1. The van der Waals surface area contributed by atoms with Gasteiger partial charge in [-0.2, -0.15) is 5.10 Å². The number of nitrogens with zero attached hydrogens (tertiary/aromatic N) is 2. The van der Waals surface area contributed by atoms with E-state index in [2.05, 4.69) is 10.5 Å². The summed E-state index contributed by atoms with van der Waals surface area (Å²) >= 11 is 0. The van der Waals surface area contributed by atoms with Gasteiger partial charge in [0.05, 0.1) is 16.7 Å². The summed E-state index contributed by atoms with van der Waals surface area (Å²) < 4.78 is 0. The van der Waals surface area contributed by atoms with Gasteiger partial charge >= 0.3 is 0 Å². The van der Waals surface area contributed by atoms with Crippen LogP contribution in [0.15, 0.2) is 47.6 Å². The Kier molecular flexibility index (Phi) is 4.33. The Morgan fingerprint density at radius 1 is 1.18 bits per heavy atom. The number of rotatable bonds is 4. The number of benzene rings is 2. The second kappa shape index (κ2) is 6.35. The van der Waals surface area contributed by atoms with Crippen molar-refractivity contribution in [3.05, 3.63) is 63.7 Å². The maximum atomic E-state index is 11.8. The molecule has 3 N–H and O–H groups in total. The van der Waals surface area contributed by atoms with E-state index < -0.39 is 10.8 Å². The Morgan fingerprint density at radius 3 is 2.45 bits per heavy atom. The predicted molar refractivity (Wildman–Crippen MR) is 77.9 cm³/mol. The summed E-state index contributed by atoms with van der Waals surface area (Å²) in [5.74, 6) is -1.22. The molecule has 8 nitrogen and oxygen atoms in total. The maximum absolute atomic E-state index is 11.8. The number of amides is 1. The molecule has 2 aromatic rings. The lowest BCUT2D eigenvalue weighted by Gasteiger charge is -2.02. The van der Waals surface area contributed by atoms with Crippen LogP contribution in [0.4, 0.5) is 5.69 Å². The minimum Gasteiger partial charge on any atom is -0.508 e. The van der Waals surface area contributed by atoms with Crippen LogP contribution in [0.3, 0.4) is 0 Å². The van der Waals surface area contributed by atoms with E-state index in [1.807, 2.05) is 0 Å². The average Bonchev–Trinajstić information content (AvgIpc) is 2.46. The molecule has 0 radical (unpaired) electrons. The summed E-state index contributed by atoms with van der Waals surface area (Å²) in [5, 5.41) is 33.0. The molecule has 0 fully saturated rings. The first-order chi connectivity index (χ1) is 10.5. The first-order valence-corrected chi connectivity index (χ1v) is 6.07. The van der Waals surface area contributed by atoms with Crippen LogP contribution in [0.1, 0.15) is 15.9 Å². The highest BCUT2D eigenvalue weighted by atomic mass is 16.6. The van der Waals surface area contributed by atoms with Crippen molar-refractivity contribution in [3.8, 4) is 11.5 Å². The van der Waals surface area contributed by atoms with Crippen LogP contribution >= 0.6 is 0 Å². The lowest BCUT2D eigenvalue weighted by atomic mass is 10.2. The van der Waals surface area contributed by atoms with Gasteiger partial charge in [0, 0.05) is 17.7 Å². The van der Waals surface area contributed by atoms with Crippen LogP contribution in [0.5, 0.6) is 11.5 Å². The van der Waals surface area contributed by atoms with Crippen LogP contribution in [-0.4, -0.2) is 27.3 Å². The second-order valence-electron chi connectivity index (χ2n) is 4.25. The van der Waals surface area contributed by atoms with E-state index in [-0.39, 0.29) is 28.3 Å². The number of para-hydroxylation sites is 1. The smallest absolute Gasteiger partial charge is 0.278 e. The Balaban J connectivity index is 2.12. The van der Waals surface area contributed by atoms with E-state index in [9.17, 15) is 25.1 Å². The van der Waals surface area contributed by atoms with Gasteiger partial charge in [-0.05, 0) is 18.2 Å². The molecule has 0 saturated carbocycles. The number of hydrazone groups is 1. The molecule has 2 aromatic carbocycles. The number of aromatic hydroxyl groups is 2. The molecular formula is C14H11N3O5. The van der Waals surface area contributed by atoms with Crippen LogP contribution < -0.4 is 5.43 Å². The fourth-order valence-electron chi connectivity index (χ4n) is 1.71. The topological polar surface area (TPSA) is 125 Å². The van der Waals surface area contributed by atoms with Gasteiger partial charge in [-0.25, -0.2) is 5.43 Å². The highest BCUT2D eigenvalue weighted by Gasteiger charge is 2.11. The Labute approximate surface area is 124 Å². The Hall–Kier alpha value is -3.42. The largest absolute Gasteiger partial charge is 0.508 e. The first-order valence-electron chi connectivity index (χ1n) is 6.07. The number of carbonyl (C=O) groups excluding carboxylic acids is 1. The van der Waals surface area contributed by atoms with Crippen molar-refractivity contribution < 1.29 is 19.9 Å². The van der Waals surface area contributed by atoms with Gasteiger partial charge in [-0.15, -0.1) is 0 Å². The monoisotopic (exact) mass is 301 g/mol. The van der Waals surface area contributed by atoms with Crippen LogP contribution in [0.25, 0.3) is 0 Å². The molecule has 0 unspecified atom stereocenters. The van der Waals surface area contributed by atoms with Crippen LogP contribution in [-0.2, 0) is 0 Å². The average molecular weight is 301 g/mol. The zero-order valence-corrected chi connectivity index (χ0v) is 11.1. The number of hydrogen-bond acceptors (Lipinski definition) is 6. The van der Waals surface area contributed by atoms with Crippen molar-refractivity contribution in [2.75, 3.05) is 0 Å². The van der Waals surface area contributed by atoms with E-state index >= 15 is 0 Å². The molecule has 0 aliphatic rings. The molecule has 0 heterocycles. The molecule has 1 amide bonds. The quantitative estimate of drug-likeness (QED) is 0.451. The molecule has 0 bridgehead atoms. The van der Waals surface area contributed by atoms with Gasteiger partial charge in [-0.1, -0.05) is 12.1 Å². The summed E-state index contributed by atoms with van der Waals surface area (Å²) in [6.45, 7) is 0. The number of nitro benzene ring substituents is 1. The van der Waals surface area contributed by atoms with Crippen molar-refractivity contribution in [1.82, 2.24) is 5.43 Å². The van der Waals surface area contributed by atoms with Gasteiger partial charge in [0.25, 0.3) is 11.6 Å². The summed E-state index contributed by atoms with van der Waals surface area (Å²) in [5.41, 5.74) is 2.24. The summed E-state index contributed by atoms with van der Waals surface area (Å²) in [7, 11) is 0. The van der Waals surface area contributed by atoms with Crippen molar-refractivity contribution in [2.24, 2.45) is 5.10 Å². The van der Waals surface area contributed by atoms with Crippen LogP contribution in [0.2, 0.25) is 0 Å². The molecular weight excluding hydrogens is 290 g/mol. The molecule has 0 saturated heterocycles. The molecule has 0 spiro atoms. The van der Waals surface area contributed by atoms with Gasteiger partial charge in [0.2, 0.25) is 0 Å². The standard InChI is InChI=1S/C14H11N3O5/c18-11-5-10(6-12(19)7-11)14(20)16-15-8-9-3-1-2-4-13(9)17(21)22/h1-8,18-19H,(H,16,20). The normalized spacial score (nSPS) is 10.5. The summed E-state index contributed by atoms with van der Waals surface area (Å²) in [6.07, 6.45) is 1.14. The third kappa shape index (κ3) is 3.57. The fraction of sp³-hybridized carbons (Fsp3) is 0. The number of phenols is 2. The summed E-state index contributed by atoms with van der Waals surface area (Å²) in [6, 6.07) is 9.29. The predicted octanol–water partition coefficient (Wildman–Crippen LogP) is 1.77. The highest BCUT2D eigenvalue weighted by molar-refractivity contribution is 5.96. The number of nitro groups is 1. The third-order valence-electron chi connectivity index (χ3n) is 2.67. The van der Waals surface area contributed by atoms with E-state index in [4.69, 9.17) is 0 Å². The molecule has 112 valence electrons. The zero-order chi connectivity index (χ0) is 16.1. The van der Waals surface area contributed by atoms with Crippen molar-refractivity contribution in [3.63, 3.8) is 0 Å². The van der Waals surface area contributed by atoms with Crippen molar-refractivity contribution in [2.45, 2.75) is 0 Å². The Bertz CT molecular complexity index is 738. The van der Waals surface area contributed by atoms with E-state index in [0.717, 1.165) is 24.4 Å². The second-order valence-corrected chi connectivity index (χ2v) is 4.25.